The van der Waals surface area contributed by atoms with Crippen LogP contribution >= 0.6 is 23.4 Å². The van der Waals surface area contributed by atoms with Crippen LogP contribution < -0.4 is 4.74 Å². The first-order valence-corrected chi connectivity index (χ1v) is 6.41. The summed E-state index contributed by atoms with van der Waals surface area (Å²) in [7, 11) is 0. The Morgan fingerprint density at radius 2 is 1.63 bits per heavy atom. The molecule has 0 radical (unpaired) electrons. The first kappa shape index (κ1) is 14.1. The predicted molar refractivity (Wildman–Crippen MR) is 69.9 cm³/mol. The second-order valence-electron chi connectivity index (χ2n) is 3.58. The largest absolute Gasteiger partial charge is 0.457 e. The van der Waals surface area contributed by atoms with Crippen molar-refractivity contribution in [1.29, 1.82) is 0 Å². The zero-order valence-electron chi connectivity index (χ0n) is 9.45. The second-order valence-corrected chi connectivity index (χ2v) is 5.15. The number of ether oxygens (including phenoxy) is 1. The quantitative estimate of drug-likeness (QED) is 0.668. The van der Waals surface area contributed by atoms with E-state index in [4.69, 9.17) is 16.3 Å². The fourth-order valence-electron chi connectivity index (χ4n) is 1.38. The van der Waals surface area contributed by atoms with Gasteiger partial charge in [0.25, 0.3) is 0 Å². The van der Waals surface area contributed by atoms with Crippen LogP contribution in [0.4, 0.5) is 13.2 Å². The molecule has 0 aliphatic carbocycles. The molecule has 2 rings (SSSR count). The summed E-state index contributed by atoms with van der Waals surface area (Å²) in [5, 5.41) is 0.529. The summed E-state index contributed by atoms with van der Waals surface area (Å²) in [6, 6.07) is 12.5. The first-order valence-electron chi connectivity index (χ1n) is 5.22. The molecule has 0 aliphatic heterocycles. The van der Waals surface area contributed by atoms with Gasteiger partial charge in [-0.3, -0.25) is 0 Å². The predicted octanol–water partition coefficient (Wildman–Crippen LogP) is 5.74. The number of thioether (sulfide) groups is 1. The molecule has 0 amide bonds. The SMILES string of the molecule is FC(F)(F)Sc1ccc(Oc2cccc(Cl)c2)cc1. The van der Waals surface area contributed by atoms with Gasteiger partial charge < -0.3 is 4.74 Å². The van der Waals surface area contributed by atoms with E-state index in [9.17, 15) is 13.2 Å². The smallest absolute Gasteiger partial charge is 0.446 e. The van der Waals surface area contributed by atoms with Crippen LogP contribution in [0.2, 0.25) is 5.02 Å². The van der Waals surface area contributed by atoms with Crippen LogP contribution in [0.5, 0.6) is 11.5 Å². The highest BCUT2D eigenvalue weighted by Crippen LogP contribution is 2.37. The monoisotopic (exact) mass is 304 g/mol. The number of benzene rings is 2. The Hall–Kier alpha value is -1.33. The average molecular weight is 305 g/mol. The lowest BCUT2D eigenvalue weighted by Crippen LogP contribution is -1.98. The Bertz CT molecular complexity index is 555. The molecule has 100 valence electrons. The van der Waals surface area contributed by atoms with Gasteiger partial charge in [0, 0.05) is 9.92 Å². The molecule has 0 fully saturated rings. The van der Waals surface area contributed by atoms with Crippen molar-refractivity contribution in [2.45, 2.75) is 10.4 Å². The highest BCUT2D eigenvalue weighted by molar-refractivity contribution is 8.00. The molecule has 0 N–H and O–H groups in total. The van der Waals surface area contributed by atoms with E-state index in [1.807, 2.05) is 0 Å². The summed E-state index contributed by atoms with van der Waals surface area (Å²) < 4.78 is 41.9. The van der Waals surface area contributed by atoms with E-state index in [2.05, 4.69) is 0 Å². The van der Waals surface area contributed by atoms with E-state index in [0.717, 1.165) is 0 Å². The molecule has 19 heavy (non-hydrogen) atoms. The van der Waals surface area contributed by atoms with Crippen molar-refractivity contribution >= 4 is 23.4 Å². The van der Waals surface area contributed by atoms with Gasteiger partial charge in [0.2, 0.25) is 0 Å². The molecule has 0 aromatic heterocycles. The summed E-state index contributed by atoms with van der Waals surface area (Å²) in [5.74, 6) is 0.984. The van der Waals surface area contributed by atoms with Gasteiger partial charge in [-0.25, -0.2) is 0 Å². The van der Waals surface area contributed by atoms with Gasteiger partial charge in [-0.1, -0.05) is 17.7 Å². The summed E-state index contributed by atoms with van der Waals surface area (Å²) in [4.78, 5) is 0.117. The molecule has 2 aromatic rings. The molecule has 0 heterocycles. The average Bonchev–Trinajstić information content (AvgIpc) is 2.30. The van der Waals surface area contributed by atoms with Crippen LogP contribution in [0.15, 0.2) is 53.4 Å². The van der Waals surface area contributed by atoms with E-state index >= 15 is 0 Å². The molecule has 6 heteroatoms. The molecule has 0 bridgehead atoms. The fraction of sp³-hybridized carbons (Fsp3) is 0.0769. The summed E-state index contributed by atoms with van der Waals surface area (Å²) in [6.07, 6.45) is 0. The number of alkyl halides is 3. The van der Waals surface area contributed by atoms with Crippen LogP contribution in [-0.2, 0) is 0 Å². The molecular weight excluding hydrogens is 297 g/mol. The third-order valence-electron chi connectivity index (χ3n) is 2.09. The zero-order chi connectivity index (χ0) is 13.9. The molecule has 0 atom stereocenters. The van der Waals surface area contributed by atoms with Crippen molar-refractivity contribution in [1.82, 2.24) is 0 Å². The van der Waals surface area contributed by atoms with Gasteiger partial charge in [-0.15, -0.1) is 0 Å². The van der Waals surface area contributed by atoms with E-state index in [-0.39, 0.29) is 16.7 Å². The minimum absolute atomic E-state index is 0.117. The van der Waals surface area contributed by atoms with Crippen LogP contribution in [-0.4, -0.2) is 5.51 Å². The maximum Gasteiger partial charge on any atom is 0.446 e. The van der Waals surface area contributed by atoms with E-state index in [0.29, 0.717) is 16.5 Å². The van der Waals surface area contributed by atoms with E-state index < -0.39 is 5.51 Å². The summed E-state index contributed by atoms with van der Waals surface area (Å²) >= 11 is 5.64. The van der Waals surface area contributed by atoms with Crippen LogP contribution in [0, 0.1) is 0 Å². The molecule has 2 aromatic carbocycles. The number of hydrogen-bond donors (Lipinski definition) is 0. The van der Waals surface area contributed by atoms with Gasteiger partial charge in [-0.2, -0.15) is 13.2 Å². The molecule has 0 spiro atoms. The third kappa shape index (κ3) is 4.69. The standard InChI is InChI=1S/C13H8ClF3OS/c14-9-2-1-3-11(8-9)18-10-4-6-12(7-5-10)19-13(15,16)17/h1-8H. The maximum absolute atomic E-state index is 12.2. The van der Waals surface area contributed by atoms with Gasteiger partial charge in [0.1, 0.15) is 11.5 Å². The Morgan fingerprint density at radius 3 is 2.21 bits per heavy atom. The minimum atomic E-state index is -4.28. The Morgan fingerprint density at radius 1 is 0.947 bits per heavy atom. The van der Waals surface area contributed by atoms with Crippen molar-refractivity contribution in [2.75, 3.05) is 0 Å². The van der Waals surface area contributed by atoms with Crippen LogP contribution in [0.25, 0.3) is 0 Å². The first-order chi connectivity index (χ1) is 8.92. The van der Waals surface area contributed by atoms with Crippen molar-refractivity contribution in [2.24, 2.45) is 0 Å². The summed E-state index contributed by atoms with van der Waals surface area (Å²) in [6.45, 7) is 0. The van der Waals surface area contributed by atoms with Crippen molar-refractivity contribution in [3.8, 4) is 11.5 Å². The van der Waals surface area contributed by atoms with Crippen molar-refractivity contribution in [3.05, 3.63) is 53.6 Å². The lowest BCUT2D eigenvalue weighted by atomic mass is 10.3. The lowest BCUT2D eigenvalue weighted by Gasteiger charge is -2.08. The maximum atomic E-state index is 12.2. The topological polar surface area (TPSA) is 9.23 Å². The number of halogens is 4. The van der Waals surface area contributed by atoms with Crippen molar-refractivity contribution < 1.29 is 17.9 Å². The van der Waals surface area contributed by atoms with Crippen molar-refractivity contribution in [3.63, 3.8) is 0 Å². The molecule has 0 saturated heterocycles. The number of rotatable bonds is 3. The van der Waals surface area contributed by atoms with Gasteiger partial charge in [-0.05, 0) is 54.2 Å². The zero-order valence-corrected chi connectivity index (χ0v) is 11.0. The van der Waals surface area contributed by atoms with Gasteiger partial charge in [0.05, 0.1) is 0 Å². The Balaban J connectivity index is 2.07. The van der Waals surface area contributed by atoms with E-state index in [1.54, 1.807) is 24.3 Å². The lowest BCUT2D eigenvalue weighted by molar-refractivity contribution is -0.0328. The number of hydrogen-bond acceptors (Lipinski definition) is 2. The summed E-state index contributed by atoms with van der Waals surface area (Å²) in [5.41, 5.74) is -4.28. The molecule has 0 saturated carbocycles. The van der Waals surface area contributed by atoms with Gasteiger partial charge >= 0.3 is 5.51 Å². The van der Waals surface area contributed by atoms with Crippen LogP contribution in [0.3, 0.4) is 0 Å². The molecule has 1 nitrogen and oxygen atoms in total. The van der Waals surface area contributed by atoms with E-state index in [1.165, 1.54) is 24.3 Å². The molecule has 0 aliphatic rings. The van der Waals surface area contributed by atoms with Crippen LogP contribution in [0.1, 0.15) is 0 Å². The fourth-order valence-corrected chi connectivity index (χ4v) is 2.10. The molecular formula is C13H8ClF3OS. The molecule has 0 unspecified atom stereocenters. The Kier molecular flexibility index (Phi) is 4.27. The highest BCUT2D eigenvalue weighted by Gasteiger charge is 2.29. The highest BCUT2D eigenvalue weighted by atomic mass is 35.5. The van der Waals surface area contributed by atoms with Gasteiger partial charge in [0.15, 0.2) is 0 Å². The second kappa shape index (κ2) is 5.75. The third-order valence-corrected chi connectivity index (χ3v) is 3.06. The minimum Gasteiger partial charge on any atom is -0.457 e. The Labute approximate surface area is 117 Å². The normalized spacial score (nSPS) is 11.4.